The normalized spacial score (nSPS) is 17.2. The van der Waals surface area contributed by atoms with Crippen LogP contribution in [0.15, 0.2) is 47.4 Å². The Morgan fingerprint density at radius 3 is 2.71 bits per heavy atom. The Labute approximate surface area is 145 Å². The number of amides is 1. The molecule has 24 heavy (non-hydrogen) atoms. The topological polar surface area (TPSA) is 89.3 Å². The second-order valence-electron chi connectivity index (χ2n) is 5.81. The molecule has 0 radical (unpaired) electrons. The van der Waals surface area contributed by atoms with E-state index in [0.717, 1.165) is 24.8 Å². The quantitative estimate of drug-likeness (QED) is 0.877. The number of nitrogens with one attached hydrogen (secondary N) is 1. The predicted octanol–water partition coefficient (Wildman–Crippen LogP) is 2.79. The highest BCUT2D eigenvalue weighted by molar-refractivity contribution is 7.89. The van der Waals surface area contributed by atoms with Crippen molar-refractivity contribution in [2.75, 3.05) is 0 Å². The smallest absolute Gasteiger partial charge is 0.251 e. The van der Waals surface area contributed by atoms with Gasteiger partial charge in [0.2, 0.25) is 10.0 Å². The minimum absolute atomic E-state index is 0.00272. The zero-order valence-electron chi connectivity index (χ0n) is 12.8. The number of fused-ring (bicyclic) bond motifs is 1. The third-order valence-corrected chi connectivity index (χ3v) is 5.57. The standard InChI is InChI=1S/C17H17ClN2O3S/c18-14-9-8-12(10-16(14)24(19,22)23)17(21)20-15-7-3-5-11-4-1-2-6-13(11)15/h1-2,4,6,8-10,15H,3,5,7H2,(H,20,21)(H2,19,22,23)/t15-/m1/s1. The number of sulfonamides is 1. The summed E-state index contributed by atoms with van der Waals surface area (Å²) in [6, 6.07) is 12.0. The average Bonchev–Trinajstić information content (AvgIpc) is 2.54. The van der Waals surface area contributed by atoms with E-state index < -0.39 is 10.0 Å². The van der Waals surface area contributed by atoms with Crippen molar-refractivity contribution in [3.63, 3.8) is 0 Å². The molecule has 0 bridgehead atoms. The second kappa shape index (κ2) is 6.55. The molecule has 1 atom stereocenters. The molecule has 0 saturated carbocycles. The van der Waals surface area contributed by atoms with Gasteiger partial charge >= 0.3 is 0 Å². The first-order valence-corrected chi connectivity index (χ1v) is 9.50. The van der Waals surface area contributed by atoms with E-state index in [9.17, 15) is 13.2 Å². The molecular weight excluding hydrogens is 348 g/mol. The van der Waals surface area contributed by atoms with Crippen molar-refractivity contribution in [1.82, 2.24) is 5.32 Å². The largest absolute Gasteiger partial charge is 0.345 e. The molecule has 0 heterocycles. The molecule has 2 aromatic carbocycles. The maximum atomic E-state index is 12.5. The summed E-state index contributed by atoms with van der Waals surface area (Å²) in [4.78, 5) is 12.3. The van der Waals surface area contributed by atoms with E-state index in [1.807, 2.05) is 18.2 Å². The summed E-state index contributed by atoms with van der Waals surface area (Å²) in [5.41, 5.74) is 2.56. The molecule has 126 valence electrons. The number of primary sulfonamides is 1. The van der Waals surface area contributed by atoms with E-state index in [1.165, 1.54) is 23.8 Å². The molecular formula is C17H17ClN2O3S. The van der Waals surface area contributed by atoms with E-state index in [0.29, 0.717) is 0 Å². The minimum atomic E-state index is -3.98. The zero-order chi connectivity index (χ0) is 17.3. The number of nitrogens with two attached hydrogens (primary N) is 1. The van der Waals surface area contributed by atoms with Gasteiger partial charge in [-0.05, 0) is 48.6 Å². The van der Waals surface area contributed by atoms with Crippen molar-refractivity contribution in [2.24, 2.45) is 5.14 Å². The lowest BCUT2D eigenvalue weighted by molar-refractivity contribution is 0.0932. The summed E-state index contributed by atoms with van der Waals surface area (Å²) in [6.07, 6.45) is 2.84. The Bertz CT molecular complexity index is 896. The Morgan fingerprint density at radius 1 is 1.21 bits per heavy atom. The number of hydrogen-bond acceptors (Lipinski definition) is 3. The first kappa shape index (κ1) is 17.0. The molecule has 0 spiro atoms. The van der Waals surface area contributed by atoms with Crippen molar-refractivity contribution in [3.05, 3.63) is 64.2 Å². The van der Waals surface area contributed by atoms with Gasteiger partial charge in [-0.3, -0.25) is 4.79 Å². The SMILES string of the molecule is NS(=O)(=O)c1cc(C(=O)N[C@@H]2CCCc3ccccc32)ccc1Cl. The van der Waals surface area contributed by atoms with Gasteiger partial charge in [-0.25, -0.2) is 13.6 Å². The highest BCUT2D eigenvalue weighted by Gasteiger charge is 2.23. The van der Waals surface area contributed by atoms with E-state index >= 15 is 0 Å². The Kier molecular flexibility index (Phi) is 4.62. The highest BCUT2D eigenvalue weighted by atomic mass is 35.5. The van der Waals surface area contributed by atoms with Gasteiger partial charge in [-0.1, -0.05) is 35.9 Å². The van der Waals surface area contributed by atoms with Crippen LogP contribution in [0.25, 0.3) is 0 Å². The van der Waals surface area contributed by atoms with Gasteiger partial charge in [0.05, 0.1) is 11.1 Å². The number of rotatable bonds is 3. The van der Waals surface area contributed by atoms with Crippen molar-refractivity contribution in [2.45, 2.75) is 30.2 Å². The summed E-state index contributed by atoms with van der Waals surface area (Å²) in [5, 5.41) is 8.10. The molecule has 1 amide bonds. The van der Waals surface area contributed by atoms with Crippen molar-refractivity contribution in [3.8, 4) is 0 Å². The zero-order valence-corrected chi connectivity index (χ0v) is 14.4. The number of hydrogen-bond donors (Lipinski definition) is 2. The van der Waals surface area contributed by atoms with Gasteiger partial charge in [0.15, 0.2) is 0 Å². The Hall–Kier alpha value is -1.89. The van der Waals surface area contributed by atoms with Crippen LogP contribution in [0.5, 0.6) is 0 Å². The fraction of sp³-hybridized carbons (Fsp3) is 0.235. The first-order chi connectivity index (χ1) is 11.4. The fourth-order valence-electron chi connectivity index (χ4n) is 3.01. The number of aryl methyl sites for hydroxylation is 1. The first-order valence-electron chi connectivity index (χ1n) is 7.57. The van der Waals surface area contributed by atoms with Crippen LogP contribution in [-0.4, -0.2) is 14.3 Å². The molecule has 7 heteroatoms. The van der Waals surface area contributed by atoms with Gasteiger partial charge in [-0.15, -0.1) is 0 Å². The molecule has 0 aliphatic heterocycles. The molecule has 1 aliphatic carbocycles. The highest BCUT2D eigenvalue weighted by Crippen LogP contribution is 2.30. The monoisotopic (exact) mass is 364 g/mol. The predicted molar refractivity (Wildman–Crippen MR) is 92.4 cm³/mol. The van der Waals surface area contributed by atoms with Gasteiger partial charge in [0.1, 0.15) is 4.90 Å². The molecule has 0 aromatic heterocycles. The van der Waals surface area contributed by atoms with Crippen LogP contribution in [0.2, 0.25) is 5.02 Å². The summed E-state index contributed by atoms with van der Waals surface area (Å²) in [6.45, 7) is 0. The van der Waals surface area contributed by atoms with Crippen LogP contribution in [-0.2, 0) is 16.4 Å². The Balaban J connectivity index is 1.87. The van der Waals surface area contributed by atoms with Crippen molar-refractivity contribution < 1.29 is 13.2 Å². The van der Waals surface area contributed by atoms with E-state index in [1.54, 1.807) is 0 Å². The van der Waals surface area contributed by atoms with Crippen LogP contribution in [0.4, 0.5) is 0 Å². The fourth-order valence-corrected chi connectivity index (χ4v) is 4.08. The Morgan fingerprint density at radius 2 is 1.96 bits per heavy atom. The molecule has 0 unspecified atom stereocenters. The summed E-state index contributed by atoms with van der Waals surface area (Å²) in [7, 11) is -3.98. The van der Waals surface area contributed by atoms with Crippen LogP contribution >= 0.6 is 11.6 Å². The average molecular weight is 365 g/mol. The maximum Gasteiger partial charge on any atom is 0.251 e. The molecule has 0 saturated heterocycles. The van der Waals surface area contributed by atoms with Gasteiger partial charge < -0.3 is 5.32 Å². The summed E-state index contributed by atoms with van der Waals surface area (Å²) < 4.78 is 23.1. The lowest BCUT2D eigenvalue weighted by atomic mass is 9.87. The summed E-state index contributed by atoms with van der Waals surface area (Å²) in [5.74, 6) is -0.349. The van der Waals surface area contributed by atoms with E-state index in [2.05, 4.69) is 11.4 Å². The maximum absolute atomic E-state index is 12.5. The molecule has 3 N–H and O–H groups in total. The summed E-state index contributed by atoms with van der Waals surface area (Å²) >= 11 is 5.85. The van der Waals surface area contributed by atoms with Crippen LogP contribution in [0.1, 0.15) is 40.4 Å². The van der Waals surface area contributed by atoms with Gasteiger partial charge in [-0.2, -0.15) is 0 Å². The molecule has 0 fully saturated rings. The van der Waals surface area contributed by atoms with Gasteiger partial charge in [0.25, 0.3) is 5.91 Å². The minimum Gasteiger partial charge on any atom is -0.345 e. The third kappa shape index (κ3) is 3.45. The number of benzene rings is 2. The van der Waals surface area contributed by atoms with Gasteiger partial charge in [0, 0.05) is 5.56 Å². The molecule has 5 nitrogen and oxygen atoms in total. The molecule has 3 rings (SSSR count). The lowest BCUT2D eigenvalue weighted by Crippen LogP contribution is -2.31. The second-order valence-corrected chi connectivity index (χ2v) is 7.74. The molecule has 2 aromatic rings. The van der Waals surface area contributed by atoms with Crippen molar-refractivity contribution in [1.29, 1.82) is 0 Å². The third-order valence-electron chi connectivity index (χ3n) is 4.17. The van der Waals surface area contributed by atoms with Crippen LogP contribution in [0.3, 0.4) is 0 Å². The number of halogens is 1. The van der Waals surface area contributed by atoms with Crippen molar-refractivity contribution >= 4 is 27.5 Å². The number of carbonyl (C=O) groups is 1. The molecule has 1 aliphatic rings. The number of carbonyl (C=O) groups excluding carboxylic acids is 1. The van der Waals surface area contributed by atoms with E-state index in [-0.39, 0.29) is 27.4 Å². The van der Waals surface area contributed by atoms with E-state index in [4.69, 9.17) is 16.7 Å². The van der Waals surface area contributed by atoms with Crippen LogP contribution < -0.4 is 10.5 Å². The van der Waals surface area contributed by atoms with Crippen LogP contribution in [0, 0.1) is 0 Å². The lowest BCUT2D eigenvalue weighted by Gasteiger charge is -2.26.